The van der Waals surface area contributed by atoms with Crippen molar-refractivity contribution >= 4 is 12.1 Å². The van der Waals surface area contributed by atoms with Gasteiger partial charge in [-0.3, -0.25) is 0 Å². The lowest BCUT2D eigenvalue weighted by molar-refractivity contribution is -0.139. The fourth-order valence-electron chi connectivity index (χ4n) is 0.428. The first-order valence-electron chi connectivity index (χ1n) is 2.88. The predicted molar refractivity (Wildman–Crippen MR) is 36.9 cm³/mol. The van der Waals surface area contributed by atoms with Crippen LogP contribution in [0.15, 0.2) is 12.8 Å². The summed E-state index contributed by atoms with van der Waals surface area (Å²) in [6.07, 6.45) is -0.318. The Morgan fingerprint density at radius 3 is 2.64 bits per heavy atom. The van der Waals surface area contributed by atoms with Gasteiger partial charge >= 0.3 is 12.1 Å². The lowest BCUT2D eigenvalue weighted by atomic mass is 10.3. The predicted octanol–water partition coefficient (Wildman–Crippen LogP) is 0.329. The van der Waals surface area contributed by atoms with Crippen molar-refractivity contribution in [3.8, 4) is 0 Å². The van der Waals surface area contributed by atoms with Gasteiger partial charge in [0.15, 0.2) is 0 Å². The minimum atomic E-state index is -1.27. The summed E-state index contributed by atoms with van der Waals surface area (Å²) >= 11 is 0. The molecule has 11 heavy (non-hydrogen) atoms. The topological polar surface area (TPSA) is 75.6 Å². The zero-order chi connectivity index (χ0) is 8.85. The third kappa shape index (κ3) is 3.96. The number of rotatable bonds is 3. The van der Waals surface area contributed by atoms with Gasteiger partial charge in [-0.1, -0.05) is 6.58 Å². The molecule has 0 aliphatic carbocycles. The molecule has 1 amide bonds. The van der Waals surface area contributed by atoms with Crippen molar-refractivity contribution in [2.75, 3.05) is 0 Å². The third-order valence-corrected chi connectivity index (χ3v) is 0.893. The maximum atomic E-state index is 10.7. The van der Waals surface area contributed by atoms with Gasteiger partial charge in [-0.2, -0.15) is 0 Å². The van der Waals surface area contributed by atoms with Gasteiger partial charge in [0, 0.05) is 0 Å². The zero-order valence-corrected chi connectivity index (χ0v) is 6.03. The van der Waals surface area contributed by atoms with Crippen LogP contribution in [-0.2, 0) is 9.53 Å². The highest BCUT2D eigenvalue weighted by atomic mass is 16.5. The number of carbonyl (C=O) groups is 2. The summed E-state index contributed by atoms with van der Waals surface area (Å²) in [5, 5.41) is 10.1. The maximum Gasteiger partial charge on any atom is 0.405 e. The van der Waals surface area contributed by atoms with Crippen LogP contribution < -0.4 is 5.32 Å². The van der Waals surface area contributed by atoms with Crippen LogP contribution in [0.3, 0.4) is 0 Å². The van der Waals surface area contributed by atoms with Crippen molar-refractivity contribution in [1.82, 2.24) is 5.32 Å². The summed E-state index contributed by atoms with van der Waals surface area (Å²) in [5.74, 6) is -0.678. The van der Waals surface area contributed by atoms with E-state index in [4.69, 9.17) is 5.11 Å². The second kappa shape index (κ2) is 4.32. The Bertz CT molecular complexity index is 177. The van der Waals surface area contributed by atoms with E-state index in [9.17, 15) is 9.59 Å². The molecule has 0 heterocycles. The van der Waals surface area contributed by atoms with Crippen LogP contribution in [0, 0.1) is 0 Å². The average Bonchev–Trinajstić information content (AvgIpc) is 1.86. The van der Waals surface area contributed by atoms with E-state index < -0.39 is 18.1 Å². The SMILES string of the molecule is C=COC(=O)[C@@H](C)NC(=O)O. The molecule has 0 radical (unpaired) electrons. The van der Waals surface area contributed by atoms with Crippen molar-refractivity contribution < 1.29 is 19.4 Å². The quantitative estimate of drug-likeness (QED) is 0.459. The second-order valence-corrected chi connectivity index (χ2v) is 1.77. The largest absolute Gasteiger partial charge is 0.465 e. The van der Waals surface area contributed by atoms with Crippen molar-refractivity contribution in [1.29, 1.82) is 0 Å². The molecule has 1 atom stereocenters. The van der Waals surface area contributed by atoms with Crippen molar-refractivity contribution in [2.45, 2.75) is 13.0 Å². The second-order valence-electron chi connectivity index (χ2n) is 1.77. The molecule has 0 aliphatic heterocycles. The van der Waals surface area contributed by atoms with Crippen LogP contribution in [-0.4, -0.2) is 23.2 Å². The summed E-state index contributed by atoms with van der Waals surface area (Å²) in [6, 6.07) is -0.870. The highest BCUT2D eigenvalue weighted by Gasteiger charge is 2.14. The third-order valence-electron chi connectivity index (χ3n) is 0.893. The summed E-state index contributed by atoms with van der Waals surface area (Å²) in [5.41, 5.74) is 0. The Morgan fingerprint density at radius 1 is 1.73 bits per heavy atom. The van der Waals surface area contributed by atoms with E-state index in [-0.39, 0.29) is 0 Å². The average molecular weight is 159 g/mol. The fraction of sp³-hybridized carbons (Fsp3) is 0.333. The minimum absolute atomic E-state index is 0.678. The van der Waals surface area contributed by atoms with Crippen LogP contribution in [0.5, 0.6) is 0 Å². The van der Waals surface area contributed by atoms with Crippen molar-refractivity contribution in [2.24, 2.45) is 0 Å². The number of amides is 1. The van der Waals surface area contributed by atoms with Crippen LogP contribution in [0.4, 0.5) is 4.79 Å². The van der Waals surface area contributed by atoms with Crippen LogP contribution in [0.25, 0.3) is 0 Å². The number of carbonyl (C=O) groups excluding carboxylic acids is 1. The summed E-state index contributed by atoms with van der Waals surface area (Å²) in [6.45, 7) is 4.52. The Balaban J connectivity index is 3.81. The Labute approximate surface area is 63.7 Å². The molecule has 0 spiro atoms. The Morgan fingerprint density at radius 2 is 2.27 bits per heavy atom. The van der Waals surface area contributed by atoms with Crippen LogP contribution in [0.1, 0.15) is 6.92 Å². The van der Waals surface area contributed by atoms with E-state index in [1.54, 1.807) is 0 Å². The number of carboxylic acid groups (broad SMARTS) is 1. The number of esters is 1. The first-order chi connectivity index (χ1) is 5.07. The molecule has 0 aromatic rings. The zero-order valence-electron chi connectivity index (χ0n) is 6.03. The number of nitrogens with one attached hydrogen (secondary N) is 1. The van der Waals surface area contributed by atoms with Crippen molar-refractivity contribution in [3.63, 3.8) is 0 Å². The van der Waals surface area contributed by atoms with E-state index >= 15 is 0 Å². The van der Waals surface area contributed by atoms with E-state index in [0.717, 1.165) is 6.26 Å². The van der Waals surface area contributed by atoms with Gasteiger partial charge in [-0.15, -0.1) is 0 Å². The molecule has 0 saturated heterocycles. The van der Waals surface area contributed by atoms with Crippen molar-refractivity contribution in [3.05, 3.63) is 12.8 Å². The summed E-state index contributed by atoms with van der Waals surface area (Å²) < 4.78 is 4.30. The highest BCUT2D eigenvalue weighted by molar-refractivity contribution is 5.80. The van der Waals surface area contributed by atoms with Crippen LogP contribution >= 0.6 is 0 Å². The summed E-state index contributed by atoms with van der Waals surface area (Å²) in [7, 11) is 0. The molecule has 5 nitrogen and oxygen atoms in total. The number of hydrogen-bond donors (Lipinski definition) is 2. The fourth-order valence-corrected chi connectivity index (χ4v) is 0.428. The molecule has 0 aromatic carbocycles. The van der Waals surface area contributed by atoms with E-state index in [1.165, 1.54) is 6.92 Å². The number of ether oxygens (including phenoxy) is 1. The van der Waals surface area contributed by atoms with Gasteiger partial charge in [-0.05, 0) is 6.92 Å². The van der Waals surface area contributed by atoms with Gasteiger partial charge in [0.2, 0.25) is 0 Å². The minimum Gasteiger partial charge on any atom is -0.465 e. The molecule has 0 aromatic heterocycles. The molecular weight excluding hydrogens is 150 g/mol. The van der Waals surface area contributed by atoms with Gasteiger partial charge < -0.3 is 15.2 Å². The van der Waals surface area contributed by atoms with E-state index in [0.29, 0.717) is 0 Å². The Kier molecular flexibility index (Phi) is 3.72. The maximum absolute atomic E-state index is 10.7. The lowest BCUT2D eigenvalue weighted by Crippen LogP contribution is -2.37. The number of hydrogen-bond acceptors (Lipinski definition) is 3. The normalized spacial score (nSPS) is 11.4. The molecule has 62 valence electrons. The monoisotopic (exact) mass is 159 g/mol. The lowest BCUT2D eigenvalue weighted by Gasteiger charge is -2.07. The Hall–Kier alpha value is -1.52. The van der Waals surface area contributed by atoms with E-state index in [1.807, 2.05) is 5.32 Å². The summed E-state index contributed by atoms with van der Waals surface area (Å²) in [4.78, 5) is 20.6. The van der Waals surface area contributed by atoms with Crippen LogP contribution in [0.2, 0.25) is 0 Å². The first-order valence-corrected chi connectivity index (χ1v) is 2.88. The molecule has 0 aliphatic rings. The molecular formula is C6H9NO4. The van der Waals surface area contributed by atoms with Gasteiger partial charge in [0.1, 0.15) is 6.04 Å². The smallest absolute Gasteiger partial charge is 0.405 e. The molecule has 0 bridgehead atoms. The molecule has 0 unspecified atom stereocenters. The standard InChI is InChI=1S/C6H9NO4/c1-3-11-5(8)4(2)7-6(9)10/h3-4,7H,1H2,2H3,(H,9,10)/t4-/m1/s1. The molecule has 0 rings (SSSR count). The molecule has 5 heteroatoms. The van der Waals surface area contributed by atoms with Gasteiger partial charge in [0.25, 0.3) is 0 Å². The molecule has 0 saturated carbocycles. The molecule has 2 N–H and O–H groups in total. The van der Waals surface area contributed by atoms with Gasteiger partial charge in [-0.25, -0.2) is 9.59 Å². The molecule has 0 fully saturated rings. The first kappa shape index (κ1) is 9.48. The van der Waals surface area contributed by atoms with E-state index in [2.05, 4.69) is 11.3 Å². The van der Waals surface area contributed by atoms with Gasteiger partial charge in [0.05, 0.1) is 6.26 Å². The highest BCUT2D eigenvalue weighted by Crippen LogP contribution is 1.87.